The highest BCUT2D eigenvalue weighted by Crippen LogP contribution is 2.52. The number of fused-ring (bicyclic) bond motifs is 1. The lowest BCUT2D eigenvalue weighted by molar-refractivity contribution is -0.164. The minimum atomic E-state index is -1.07. The topological polar surface area (TPSA) is 74.7 Å². The van der Waals surface area contributed by atoms with E-state index in [9.17, 15) is 14.4 Å². The predicted molar refractivity (Wildman–Crippen MR) is 55.9 cm³/mol. The number of ketones is 1. The van der Waals surface area contributed by atoms with Crippen LogP contribution < -0.4 is 0 Å². The van der Waals surface area contributed by atoms with E-state index in [4.69, 9.17) is 5.11 Å². The maximum absolute atomic E-state index is 11.3. The Kier molecular flexibility index (Phi) is 1.86. The molecule has 3 atom stereocenters. The second-order valence-corrected chi connectivity index (χ2v) is 6.56. The van der Waals surface area contributed by atoms with E-state index in [2.05, 4.69) is 5.87 Å². The number of amides is 1. The first-order valence-electron chi connectivity index (χ1n) is 4.42. The first-order valence-corrected chi connectivity index (χ1v) is 5.88. The molecule has 2 fully saturated rings. The Morgan fingerprint density at radius 3 is 2.53 bits per heavy atom. The van der Waals surface area contributed by atoms with Gasteiger partial charge in [-0.15, -0.1) is 0 Å². The lowest BCUT2D eigenvalue weighted by atomic mass is 9.98. The summed E-state index contributed by atoms with van der Waals surface area (Å²) in [5.74, 6) is 1.60. The van der Waals surface area contributed by atoms with Gasteiger partial charge in [0.25, 0.3) is 11.7 Å². The van der Waals surface area contributed by atoms with Gasteiger partial charge in [-0.25, -0.2) is 4.79 Å². The van der Waals surface area contributed by atoms with Gasteiger partial charge in [0.15, 0.2) is 0 Å². The average Bonchev–Trinajstić information content (AvgIpc) is 2.32. The number of β-lactam (4-membered cyclic amide) rings is 1. The van der Waals surface area contributed by atoms with E-state index in [1.807, 2.05) is 0 Å². The molecule has 2 aliphatic rings. The molecule has 2 saturated heterocycles. The minimum Gasteiger partial charge on any atom is -0.480 e. The molecule has 0 aromatic carbocycles. The lowest BCUT2D eigenvalue weighted by Gasteiger charge is -2.35. The highest BCUT2D eigenvalue weighted by molar-refractivity contribution is 8.16. The van der Waals surface area contributed by atoms with E-state index < -0.39 is 44.3 Å². The van der Waals surface area contributed by atoms with Gasteiger partial charge in [-0.3, -0.25) is 9.59 Å². The molecule has 6 heteroatoms. The van der Waals surface area contributed by atoms with Crippen molar-refractivity contribution in [3.8, 4) is 0 Å². The number of hydrogen-bond acceptors (Lipinski definition) is 3. The summed E-state index contributed by atoms with van der Waals surface area (Å²) in [6.45, 7) is 3.47. The summed E-state index contributed by atoms with van der Waals surface area (Å²) >= 11 is 0. The van der Waals surface area contributed by atoms with E-state index in [-0.39, 0.29) is 0 Å². The largest absolute Gasteiger partial charge is 0.480 e. The first-order chi connectivity index (χ1) is 6.80. The predicted octanol–water partition coefficient (Wildman–Crippen LogP) is -0.330. The van der Waals surface area contributed by atoms with Crippen molar-refractivity contribution < 1.29 is 19.5 Å². The molecule has 2 heterocycles. The van der Waals surface area contributed by atoms with Gasteiger partial charge in [0.2, 0.25) is 0 Å². The van der Waals surface area contributed by atoms with Crippen LogP contribution in [0.2, 0.25) is 0 Å². The Labute approximate surface area is 89.0 Å². The lowest BCUT2D eigenvalue weighted by Crippen LogP contribution is -2.63. The minimum absolute atomic E-state index is 0.495. The van der Waals surface area contributed by atoms with Crippen LogP contribution in [-0.2, 0) is 14.4 Å². The summed E-state index contributed by atoms with van der Waals surface area (Å²) in [5.41, 5.74) is 0. The van der Waals surface area contributed by atoms with Crippen molar-refractivity contribution in [2.24, 2.45) is 0 Å². The highest BCUT2D eigenvalue weighted by atomic mass is 32.2. The van der Waals surface area contributed by atoms with Gasteiger partial charge in [0, 0.05) is 4.75 Å². The summed E-state index contributed by atoms with van der Waals surface area (Å²) in [4.78, 5) is 34.8. The average molecular weight is 229 g/mol. The van der Waals surface area contributed by atoms with Crippen LogP contribution in [0.15, 0.2) is 0 Å². The highest BCUT2D eigenvalue weighted by Gasteiger charge is 2.64. The Morgan fingerprint density at radius 1 is 1.53 bits per heavy atom. The van der Waals surface area contributed by atoms with Crippen LogP contribution in [0.4, 0.5) is 0 Å². The van der Waals surface area contributed by atoms with Crippen molar-refractivity contribution in [1.82, 2.24) is 4.90 Å². The maximum Gasteiger partial charge on any atom is 0.327 e. The van der Waals surface area contributed by atoms with Crippen LogP contribution in [0.1, 0.15) is 13.8 Å². The van der Waals surface area contributed by atoms with E-state index in [1.165, 1.54) is 4.90 Å². The van der Waals surface area contributed by atoms with Gasteiger partial charge < -0.3 is 10.0 Å². The van der Waals surface area contributed by atoms with Crippen molar-refractivity contribution in [2.45, 2.75) is 30.0 Å². The third kappa shape index (κ3) is 0.998. The van der Waals surface area contributed by atoms with E-state index >= 15 is 0 Å². The molecule has 5 nitrogen and oxygen atoms in total. The fraction of sp³-hybridized carbons (Fsp3) is 0.556. The Morgan fingerprint density at radius 2 is 2.07 bits per heavy atom. The van der Waals surface area contributed by atoms with Crippen LogP contribution in [0.3, 0.4) is 0 Å². The fourth-order valence-electron chi connectivity index (χ4n) is 2.10. The smallest absolute Gasteiger partial charge is 0.327 e. The number of hydrogen-bond donors (Lipinski definition) is 1. The zero-order valence-corrected chi connectivity index (χ0v) is 9.21. The molecule has 0 aromatic rings. The number of aliphatic carboxylic acids is 1. The fourth-order valence-corrected chi connectivity index (χ4v) is 4.03. The van der Waals surface area contributed by atoms with Gasteiger partial charge in [-0.05, 0) is 13.8 Å². The summed E-state index contributed by atoms with van der Waals surface area (Å²) < 4.78 is -0.641. The van der Waals surface area contributed by atoms with Crippen molar-refractivity contribution in [1.29, 1.82) is 0 Å². The molecule has 0 radical (unpaired) electrons. The molecule has 0 bridgehead atoms. The molecule has 82 valence electrons. The van der Waals surface area contributed by atoms with Crippen LogP contribution >= 0.6 is 10.5 Å². The molecule has 2 aliphatic heterocycles. The second kappa shape index (κ2) is 2.69. The van der Waals surface area contributed by atoms with E-state index in [0.717, 1.165) is 0 Å². The van der Waals surface area contributed by atoms with Crippen molar-refractivity contribution in [3.63, 3.8) is 0 Å². The SMILES string of the molecule is C=S1C2C(=O)C(=O)N2C(C(=O)O)C1(C)C. The normalized spacial score (nSPS) is 37.5. The number of Topliss-reactive ketones (excluding diaryl/α,β-unsaturated/α-hetero) is 1. The number of carbonyl (C=O) groups is 3. The van der Waals surface area contributed by atoms with Crippen LogP contribution in [0.5, 0.6) is 0 Å². The standard InChI is InChI=1S/C9H11NO4S/c1-9(2)5(8(13)14)10-6(12)4(11)7(10)15(9)3/h5,7H,3H2,1-2H3,(H,13,14). The van der Waals surface area contributed by atoms with Crippen LogP contribution in [0.25, 0.3) is 0 Å². The third-order valence-electron chi connectivity index (χ3n) is 3.04. The molecule has 2 rings (SSSR count). The van der Waals surface area contributed by atoms with Gasteiger partial charge in [0.1, 0.15) is 11.4 Å². The molecule has 0 aliphatic carbocycles. The van der Waals surface area contributed by atoms with Crippen LogP contribution in [0, 0.1) is 0 Å². The second-order valence-electron chi connectivity index (χ2n) is 4.20. The van der Waals surface area contributed by atoms with Crippen LogP contribution in [-0.4, -0.2) is 49.7 Å². The quantitative estimate of drug-likeness (QED) is 0.379. The van der Waals surface area contributed by atoms with Gasteiger partial charge >= 0.3 is 5.97 Å². The summed E-state index contributed by atoms with van der Waals surface area (Å²) in [6, 6.07) is -0.923. The molecular formula is C9H11NO4S. The molecule has 0 aromatic heterocycles. The van der Waals surface area contributed by atoms with Gasteiger partial charge in [-0.1, -0.05) is 5.87 Å². The molecule has 15 heavy (non-hydrogen) atoms. The first kappa shape index (κ1) is 10.4. The summed E-state index contributed by atoms with van der Waals surface area (Å²) in [5, 5.41) is 8.46. The zero-order chi connectivity index (χ0) is 11.5. The number of carbonyl (C=O) groups excluding carboxylic acids is 2. The Balaban J connectivity index is 2.49. The molecule has 1 N–H and O–H groups in total. The van der Waals surface area contributed by atoms with Gasteiger partial charge in [-0.2, -0.15) is 10.5 Å². The Bertz CT molecular complexity index is 414. The summed E-state index contributed by atoms with van der Waals surface area (Å²) in [7, 11) is -0.648. The van der Waals surface area contributed by atoms with E-state index in [1.54, 1.807) is 13.8 Å². The van der Waals surface area contributed by atoms with Crippen molar-refractivity contribution >= 4 is 34.0 Å². The number of nitrogens with zero attached hydrogens (tertiary/aromatic N) is 1. The van der Waals surface area contributed by atoms with Crippen molar-refractivity contribution in [3.05, 3.63) is 0 Å². The number of rotatable bonds is 1. The molecular weight excluding hydrogens is 218 g/mol. The van der Waals surface area contributed by atoms with Gasteiger partial charge in [0.05, 0.1) is 0 Å². The number of carboxylic acid groups (broad SMARTS) is 1. The maximum atomic E-state index is 11.3. The summed E-state index contributed by atoms with van der Waals surface area (Å²) in [6.07, 6.45) is 0. The molecule has 0 saturated carbocycles. The molecule has 3 unspecified atom stereocenters. The van der Waals surface area contributed by atoms with Crippen molar-refractivity contribution in [2.75, 3.05) is 0 Å². The van der Waals surface area contributed by atoms with E-state index in [0.29, 0.717) is 0 Å². The molecule has 0 spiro atoms. The zero-order valence-electron chi connectivity index (χ0n) is 8.39. The third-order valence-corrected chi connectivity index (χ3v) is 5.59. The monoisotopic (exact) mass is 229 g/mol. The number of carboxylic acids is 1. The Hall–Kier alpha value is -1.17. The molecule has 1 amide bonds.